The third-order valence-electron chi connectivity index (χ3n) is 4.17. The van der Waals surface area contributed by atoms with Gasteiger partial charge in [-0.05, 0) is 54.7 Å². The molecule has 1 aromatic heterocycles. The zero-order valence-electron chi connectivity index (χ0n) is 10.1. The number of fused-ring (bicyclic) bond motifs is 2. The van der Waals surface area contributed by atoms with Crippen LogP contribution in [0.4, 0.5) is 5.69 Å². The van der Waals surface area contributed by atoms with E-state index in [2.05, 4.69) is 44.2 Å². The first kappa shape index (κ1) is 11.5. The van der Waals surface area contributed by atoms with E-state index in [9.17, 15) is 0 Å². The average molecular weight is 296 g/mol. The standard InChI is InChI=1S/C13H18BrN3/c1-17-12-2-3-13(17)6-10(5-12)16-11-4-9(14)7-15-8-11/h4,7-8,10,12-13,16H,2-3,5-6H2,1H3/t12-,13-/m0/s1. The van der Waals surface area contributed by atoms with E-state index in [0.29, 0.717) is 6.04 Å². The van der Waals surface area contributed by atoms with Gasteiger partial charge in [-0.1, -0.05) is 0 Å². The molecule has 2 saturated heterocycles. The molecule has 1 aromatic rings. The van der Waals surface area contributed by atoms with Gasteiger partial charge < -0.3 is 10.2 Å². The minimum absolute atomic E-state index is 0.611. The van der Waals surface area contributed by atoms with Gasteiger partial charge in [0, 0.05) is 28.8 Å². The highest BCUT2D eigenvalue weighted by atomic mass is 79.9. The minimum atomic E-state index is 0.611. The fourth-order valence-electron chi connectivity index (χ4n) is 3.26. The molecule has 3 heterocycles. The second kappa shape index (κ2) is 4.58. The number of nitrogens with one attached hydrogen (secondary N) is 1. The maximum absolute atomic E-state index is 4.20. The predicted octanol–water partition coefficient (Wildman–Crippen LogP) is 2.88. The molecule has 2 aliphatic rings. The molecule has 0 aromatic carbocycles. The van der Waals surface area contributed by atoms with Crippen LogP contribution < -0.4 is 5.32 Å². The van der Waals surface area contributed by atoms with Crippen LogP contribution in [-0.4, -0.2) is 35.1 Å². The van der Waals surface area contributed by atoms with E-state index in [4.69, 9.17) is 0 Å². The Hall–Kier alpha value is -0.610. The Bertz CT molecular complexity index is 395. The predicted molar refractivity (Wildman–Crippen MR) is 73.2 cm³/mol. The van der Waals surface area contributed by atoms with Crippen molar-refractivity contribution in [2.24, 2.45) is 0 Å². The second-order valence-electron chi connectivity index (χ2n) is 5.25. The van der Waals surface area contributed by atoms with Gasteiger partial charge in [-0.3, -0.25) is 4.98 Å². The Morgan fingerprint density at radius 3 is 2.65 bits per heavy atom. The molecule has 17 heavy (non-hydrogen) atoms. The zero-order chi connectivity index (χ0) is 11.8. The summed E-state index contributed by atoms with van der Waals surface area (Å²) in [4.78, 5) is 6.77. The van der Waals surface area contributed by atoms with Gasteiger partial charge in [-0.25, -0.2) is 0 Å². The highest BCUT2D eigenvalue weighted by Gasteiger charge is 2.38. The summed E-state index contributed by atoms with van der Waals surface area (Å²) in [6, 6.07) is 4.28. The molecule has 2 aliphatic heterocycles. The van der Waals surface area contributed by atoms with Gasteiger partial charge in [0.05, 0.1) is 11.9 Å². The Morgan fingerprint density at radius 1 is 1.29 bits per heavy atom. The molecule has 0 amide bonds. The summed E-state index contributed by atoms with van der Waals surface area (Å²) in [5.41, 5.74) is 1.13. The number of piperidine rings is 1. The number of anilines is 1. The Morgan fingerprint density at radius 2 is 2.00 bits per heavy atom. The second-order valence-corrected chi connectivity index (χ2v) is 6.17. The van der Waals surface area contributed by atoms with E-state index < -0.39 is 0 Å². The fourth-order valence-corrected chi connectivity index (χ4v) is 3.62. The molecule has 2 fully saturated rings. The SMILES string of the molecule is CN1[C@H]2CC[C@H]1CC(Nc1cncc(Br)c1)C2. The van der Waals surface area contributed by atoms with Crippen molar-refractivity contribution in [2.45, 2.75) is 43.8 Å². The van der Waals surface area contributed by atoms with E-state index in [0.717, 1.165) is 22.2 Å². The van der Waals surface area contributed by atoms with Crippen LogP contribution in [0.15, 0.2) is 22.9 Å². The Kier molecular flexibility index (Phi) is 3.09. The zero-order valence-corrected chi connectivity index (χ0v) is 11.7. The lowest BCUT2D eigenvalue weighted by Crippen LogP contribution is -2.44. The van der Waals surface area contributed by atoms with Crippen LogP contribution in [0.25, 0.3) is 0 Å². The van der Waals surface area contributed by atoms with E-state index in [1.807, 2.05) is 12.4 Å². The summed E-state index contributed by atoms with van der Waals surface area (Å²) in [5, 5.41) is 3.62. The number of rotatable bonds is 2. The van der Waals surface area contributed by atoms with Crippen LogP contribution in [0, 0.1) is 0 Å². The van der Waals surface area contributed by atoms with Gasteiger partial charge in [0.1, 0.15) is 0 Å². The minimum Gasteiger partial charge on any atom is -0.381 e. The number of hydrogen-bond acceptors (Lipinski definition) is 3. The van der Waals surface area contributed by atoms with Crippen LogP contribution in [0.1, 0.15) is 25.7 Å². The average Bonchev–Trinajstić information content (AvgIpc) is 2.52. The number of pyridine rings is 1. The van der Waals surface area contributed by atoms with Crippen molar-refractivity contribution < 1.29 is 0 Å². The van der Waals surface area contributed by atoms with Gasteiger partial charge in [-0.15, -0.1) is 0 Å². The van der Waals surface area contributed by atoms with Crippen LogP contribution >= 0.6 is 15.9 Å². The summed E-state index contributed by atoms with van der Waals surface area (Å²) < 4.78 is 1.04. The quantitative estimate of drug-likeness (QED) is 0.909. The van der Waals surface area contributed by atoms with Crippen molar-refractivity contribution in [3.8, 4) is 0 Å². The highest BCUT2D eigenvalue weighted by molar-refractivity contribution is 9.10. The molecule has 4 heteroatoms. The fraction of sp³-hybridized carbons (Fsp3) is 0.615. The highest BCUT2D eigenvalue weighted by Crippen LogP contribution is 2.35. The van der Waals surface area contributed by atoms with Gasteiger partial charge in [0.25, 0.3) is 0 Å². The first-order valence-corrected chi connectivity index (χ1v) is 7.10. The lowest BCUT2D eigenvalue weighted by Gasteiger charge is -2.37. The molecule has 2 atom stereocenters. The van der Waals surface area contributed by atoms with Crippen LogP contribution in [0.2, 0.25) is 0 Å². The summed E-state index contributed by atoms with van der Waals surface area (Å²) in [6.07, 6.45) is 9.00. The number of halogens is 1. The summed E-state index contributed by atoms with van der Waals surface area (Å²) >= 11 is 3.46. The Balaban J connectivity index is 1.67. The van der Waals surface area contributed by atoms with Crippen LogP contribution in [0.3, 0.4) is 0 Å². The van der Waals surface area contributed by atoms with Crippen LogP contribution in [-0.2, 0) is 0 Å². The molecule has 2 bridgehead atoms. The Labute approximate surface area is 111 Å². The maximum atomic E-state index is 4.20. The van der Waals surface area contributed by atoms with E-state index >= 15 is 0 Å². The van der Waals surface area contributed by atoms with Crippen LogP contribution in [0.5, 0.6) is 0 Å². The molecular weight excluding hydrogens is 278 g/mol. The number of hydrogen-bond donors (Lipinski definition) is 1. The number of aromatic nitrogens is 1. The van der Waals surface area contributed by atoms with E-state index in [-0.39, 0.29) is 0 Å². The van der Waals surface area contributed by atoms with Gasteiger partial charge in [0.2, 0.25) is 0 Å². The van der Waals surface area contributed by atoms with Gasteiger partial charge >= 0.3 is 0 Å². The normalized spacial score (nSPS) is 32.7. The molecule has 0 unspecified atom stereocenters. The molecule has 0 radical (unpaired) electrons. The maximum Gasteiger partial charge on any atom is 0.0540 e. The smallest absolute Gasteiger partial charge is 0.0540 e. The molecule has 0 spiro atoms. The lowest BCUT2D eigenvalue weighted by molar-refractivity contribution is 0.169. The van der Waals surface area contributed by atoms with Crippen molar-refractivity contribution in [1.82, 2.24) is 9.88 Å². The van der Waals surface area contributed by atoms with Gasteiger partial charge in [0.15, 0.2) is 0 Å². The van der Waals surface area contributed by atoms with Crippen molar-refractivity contribution in [3.63, 3.8) is 0 Å². The van der Waals surface area contributed by atoms with Crippen molar-refractivity contribution in [2.75, 3.05) is 12.4 Å². The van der Waals surface area contributed by atoms with E-state index in [1.165, 1.54) is 25.7 Å². The largest absolute Gasteiger partial charge is 0.381 e. The van der Waals surface area contributed by atoms with E-state index in [1.54, 1.807) is 0 Å². The topological polar surface area (TPSA) is 28.2 Å². The third kappa shape index (κ3) is 2.33. The molecule has 0 saturated carbocycles. The lowest BCUT2D eigenvalue weighted by atomic mass is 9.98. The molecule has 3 nitrogen and oxygen atoms in total. The first-order chi connectivity index (χ1) is 8.22. The van der Waals surface area contributed by atoms with Crippen molar-refractivity contribution >= 4 is 21.6 Å². The van der Waals surface area contributed by atoms with Gasteiger partial charge in [-0.2, -0.15) is 0 Å². The molecule has 0 aliphatic carbocycles. The first-order valence-electron chi connectivity index (χ1n) is 6.31. The summed E-state index contributed by atoms with van der Waals surface area (Å²) in [5.74, 6) is 0. The molecule has 1 N–H and O–H groups in total. The molecule has 92 valence electrons. The number of nitrogens with zero attached hydrogens (tertiary/aromatic N) is 2. The van der Waals surface area contributed by atoms with Crippen molar-refractivity contribution in [3.05, 3.63) is 22.9 Å². The molecule has 3 rings (SSSR count). The van der Waals surface area contributed by atoms with Crippen molar-refractivity contribution in [1.29, 1.82) is 0 Å². The summed E-state index contributed by atoms with van der Waals surface area (Å²) in [7, 11) is 2.28. The monoisotopic (exact) mass is 295 g/mol. The summed E-state index contributed by atoms with van der Waals surface area (Å²) in [6.45, 7) is 0. The third-order valence-corrected chi connectivity index (χ3v) is 4.61. The molecular formula is C13H18BrN3.